The lowest BCUT2D eigenvalue weighted by molar-refractivity contribution is -0.142. The van der Waals surface area contributed by atoms with Crippen molar-refractivity contribution in [2.75, 3.05) is 0 Å². The SMILES string of the molecule is Cc1cc([C@H]2C3=CC[C@@H]4C(=O)N(Cc5ccccc5)C(=O)[C@@H]4[C@@H]3C[C@H]3C(=O)N(Cc4ccccc4)C(=O)[C@@H]23)ccc1O. The lowest BCUT2D eigenvalue weighted by Gasteiger charge is -2.44. The van der Waals surface area contributed by atoms with Crippen molar-refractivity contribution in [3.05, 3.63) is 113 Å². The molecule has 1 saturated carbocycles. The lowest BCUT2D eigenvalue weighted by Crippen LogP contribution is -2.43. The number of benzene rings is 3. The van der Waals surface area contributed by atoms with Crippen LogP contribution in [0.2, 0.25) is 0 Å². The van der Waals surface area contributed by atoms with Crippen LogP contribution in [0.25, 0.3) is 0 Å². The molecule has 6 atom stereocenters. The third-order valence-corrected chi connectivity index (χ3v) is 9.78. The highest BCUT2D eigenvalue weighted by Crippen LogP contribution is 2.58. The van der Waals surface area contributed by atoms with Crippen LogP contribution in [0.4, 0.5) is 0 Å². The maximum absolute atomic E-state index is 14.1. The van der Waals surface area contributed by atoms with Gasteiger partial charge in [0.1, 0.15) is 5.75 Å². The van der Waals surface area contributed by atoms with Crippen LogP contribution in [-0.4, -0.2) is 38.5 Å². The summed E-state index contributed by atoms with van der Waals surface area (Å²) < 4.78 is 0. The number of imide groups is 2. The van der Waals surface area contributed by atoms with Crippen LogP contribution in [0.5, 0.6) is 5.75 Å². The van der Waals surface area contributed by atoms with Gasteiger partial charge in [-0.2, -0.15) is 0 Å². The van der Waals surface area contributed by atoms with E-state index in [4.69, 9.17) is 0 Å². The number of hydrogen-bond acceptors (Lipinski definition) is 5. The molecule has 3 fully saturated rings. The smallest absolute Gasteiger partial charge is 0.234 e. The predicted molar refractivity (Wildman–Crippen MR) is 154 cm³/mol. The third-order valence-electron chi connectivity index (χ3n) is 9.78. The summed E-state index contributed by atoms with van der Waals surface area (Å²) in [6, 6.07) is 24.3. The zero-order valence-corrected chi connectivity index (χ0v) is 23.4. The molecule has 0 bridgehead atoms. The van der Waals surface area contributed by atoms with Gasteiger partial charge in [0.25, 0.3) is 0 Å². The van der Waals surface area contributed by atoms with Gasteiger partial charge in [-0.1, -0.05) is 84.4 Å². The van der Waals surface area contributed by atoms with E-state index in [-0.39, 0.29) is 48.4 Å². The van der Waals surface area contributed by atoms with Gasteiger partial charge in [-0.05, 0) is 54.0 Å². The highest BCUT2D eigenvalue weighted by molar-refractivity contribution is 6.08. The molecule has 2 aliphatic heterocycles. The molecule has 4 amide bonds. The van der Waals surface area contributed by atoms with E-state index in [0.717, 1.165) is 22.3 Å². The van der Waals surface area contributed by atoms with Gasteiger partial charge in [0.15, 0.2) is 0 Å². The number of hydrogen-bond donors (Lipinski definition) is 1. The fraction of sp³-hybridized carbons (Fsp3) is 0.314. The Morgan fingerprint density at radius 2 is 1.26 bits per heavy atom. The molecule has 2 aliphatic carbocycles. The van der Waals surface area contributed by atoms with Crippen LogP contribution in [0.3, 0.4) is 0 Å². The number of nitrogens with zero attached hydrogens (tertiary/aromatic N) is 2. The Hall–Kier alpha value is -4.52. The van der Waals surface area contributed by atoms with E-state index in [1.165, 1.54) is 9.80 Å². The molecule has 0 radical (unpaired) electrons. The molecular formula is C35H32N2O5. The van der Waals surface area contributed by atoms with Gasteiger partial charge in [0, 0.05) is 5.92 Å². The van der Waals surface area contributed by atoms with Crippen LogP contribution in [0.1, 0.15) is 41.0 Å². The number of phenolic OH excluding ortho intramolecular Hbond substituents is 1. The quantitative estimate of drug-likeness (QED) is 0.360. The Bertz CT molecular complexity index is 1630. The van der Waals surface area contributed by atoms with Crippen LogP contribution < -0.4 is 0 Å². The molecular weight excluding hydrogens is 528 g/mol. The van der Waals surface area contributed by atoms with Gasteiger partial charge < -0.3 is 5.11 Å². The van der Waals surface area contributed by atoms with Crippen molar-refractivity contribution in [1.29, 1.82) is 0 Å². The highest BCUT2D eigenvalue weighted by Gasteiger charge is 2.61. The van der Waals surface area contributed by atoms with Crippen molar-refractivity contribution < 1.29 is 24.3 Å². The van der Waals surface area contributed by atoms with Crippen LogP contribution in [-0.2, 0) is 32.3 Å². The summed E-state index contributed by atoms with van der Waals surface area (Å²) in [6.45, 7) is 2.24. The topological polar surface area (TPSA) is 95.0 Å². The monoisotopic (exact) mass is 560 g/mol. The molecule has 2 heterocycles. The fourth-order valence-corrected chi connectivity index (χ4v) is 7.81. The van der Waals surface area contributed by atoms with Crippen molar-refractivity contribution in [3.8, 4) is 5.75 Å². The molecule has 0 unspecified atom stereocenters. The second-order valence-corrected chi connectivity index (χ2v) is 12.1. The van der Waals surface area contributed by atoms with E-state index in [0.29, 0.717) is 18.4 Å². The van der Waals surface area contributed by atoms with Gasteiger partial charge in [-0.25, -0.2) is 0 Å². The molecule has 3 aromatic rings. The minimum Gasteiger partial charge on any atom is -0.508 e. The Morgan fingerprint density at radius 3 is 1.86 bits per heavy atom. The molecule has 212 valence electrons. The summed E-state index contributed by atoms with van der Waals surface area (Å²) >= 11 is 0. The number of phenols is 1. The molecule has 7 rings (SSSR count). The van der Waals surface area contributed by atoms with Crippen LogP contribution >= 0.6 is 0 Å². The molecule has 3 aromatic carbocycles. The second-order valence-electron chi connectivity index (χ2n) is 12.1. The molecule has 4 aliphatic rings. The Kier molecular flexibility index (Phi) is 6.34. The number of allylic oxidation sites excluding steroid dienone is 2. The van der Waals surface area contributed by atoms with Crippen molar-refractivity contribution in [2.45, 2.75) is 38.8 Å². The summed E-state index contributed by atoms with van der Waals surface area (Å²) in [7, 11) is 0. The van der Waals surface area contributed by atoms with Gasteiger partial charge >= 0.3 is 0 Å². The first-order chi connectivity index (χ1) is 20.3. The Morgan fingerprint density at radius 1 is 0.690 bits per heavy atom. The Balaban J connectivity index is 1.28. The number of carbonyl (C=O) groups excluding carboxylic acids is 4. The summed E-state index contributed by atoms with van der Waals surface area (Å²) in [6.07, 6.45) is 2.84. The van der Waals surface area contributed by atoms with E-state index >= 15 is 0 Å². The van der Waals surface area contributed by atoms with Crippen molar-refractivity contribution in [1.82, 2.24) is 9.80 Å². The van der Waals surface area contributed by atoms with E-state index in [1.807, 2.05) is 79.7 Å². The molecule has 7 nitrogen and oxygen atoms in total. The molecule has 42 heavy (non-hydrogen) atoms. The van der Waals surface area contributed by atoms with Crippen molar-refractivity contribution in [3.63, 3.8) is 0 Å². The van der Waals surface area contributed by atoms with Crippen LogP contribution in [0, 0.1) is 36.5 Å². The lowest BCUT2D eigenvalue weighted by atomic mass is 9.57. The van der Waals surface area contributed by atoms with E-state index < -0.39 is 29.6 Å². The van der Waals surface area contributed by atoms with Gasteiger partial charge in [0.2, 0.25) is 23.6 Å². The van der Waals surface area contributed by atoms with Crippen molar-refractivity contribution >= 4 is 23.6 Å². The average molecular weight is 561 g/mol. The minimum absolute atomic E-state index is 0.160. The number of amides is 4. The standard InChI is InChI=1S/C35H32N2O5/c1-20-16-23(12-15-28(20)38)29-24-13-14-25-30(34(41)36(32(25)39)18-21-8-4-2-5-9-21)26(24)17-27-31(29)35(42)37(33(27)40)19-22-10-6-3-7-11-22/h2-13,15-16,25-27,29-31,38H,14,17-19H2,1H3/t25-,26+,27+,29-,30-,31+/m0/s1. The molecule has 7 heteroatoms. The largest absolute Gasteiger partial charge is 0.508 e. The van der Waals surface area contributed by atoms with E-state index in [2.05, 4.69) is 6.08 Å². The fourth-order valence-electron chi connectivity index (χ4n) is 7.81. The summed E-state index contributed by atoms with van der Waals surface area (Å²) in [5.74, 6) is -3.58. The maximum Gasteiger partial charge on any atom is 0.234 e. The Labute approximate surface area is 244 Å². The van der Waals surface area contributed by atoms with E-state index in [1.54, 1.807) is 6.07 Å². The minimum atomic E-state index is -0.600. The number of carbonyl (C=O) groups is 4. The first-order valence-corrected chi connectivity index (χ1v) is 14.6. The summed E-state index contributed by atoms with van der Waals surface area (Å²) in [5, 5.41) is 10.3. The first-order valence-electron chi connectivity index (χ1n) is 14.6. The number of aromatic hydroxyl groups is 1. The van der Waals surface area contributed by atoms with Gasteiger partial charge in [0.05, 0.1) is 36.8 Å². The molecule has 1 N–H and O–H groups in total. The van der Waals surface area contributed by atoms with Gasteiger partial charge in [-0.15, -0.1) is 0 Å². The zero-order chi connectivity index (χ0) is 29.1. The molecule has 0 aromatic heterocycles. The normalized spacial score (nSPS) is 28.5. The maximum atomic E-state index is 14.1. The zero-order valence-electron chi connectivity index (χ0n) is 23.4. The third kappa shape index (κ3) is 4.10. The predicted octanol–water partition coefficient (Wildman–Crippen LogP) is 4.74. The first kappa shape index (κ1) is 26.4. The number of fused-ring (bicyclic) bond motifs is 4. The summed E-state index contributed by atoms with van der Waals surface area (Å²) in [5.41, 5.74) is 4.25. The van der Waals surface area contributed by atoms with Crippen LogP contribution in [0.15, 0.2) is 90.5 Å². The number of rotatable bonds is 5. The molecule has 2 saturated heterocycles. The summed E-state index contributed by atoms with van der Waals surface area (Å²) in [4.78, 5) is 58.3. The second kappa shape index (κ2) is 10.1. The highest BCUT2D eigenvalue weighted by atomic mass is 16.3. The van der Waals surface area contributed by atoms with Crippen molar-refractivity contribution in [2.24, 2.45) is 29.6 Å². The molecule has 0 spiro atoms. The number of likely N-dealkylation sites (tertiary alicyclic amines) is 2. The number of aryl methyl sites for hydroxylation is 1. The van der Waals surface area contributed by atoms with E-state index in [9.17, 15) is 24.3 Å². The average Bonchev–Trinajstić information content (AvgIpc) is 3.38. The van der Waals surface area contributed by atoms with Gasteiger partial charge in [-0.3, -0.25) is 29.0 Å².